The molecule has 1 heterocycles. The molecule has 0 atom stereocenters. The van der Waals surface area contributed by atoms with Gasteiger partial charge in [0.25, 0.3) is 0 Å². The van der Waals surface area contributed by atoms with Crippen LogP contribution in [0.5, 0.6) is 5.75 Å². The monoisotopic (exact) mass is 334 g/mol. The van der Waals surface area contributed by atoms with Gasteiger partial charge in [0.1, 0.15) is 22.6 Å². The van der Waals surface area contributed by atoms with Crippen molar-refractivity contribution < 1.29 is 13.9 Å². The Balaban J connectivity index is 1.95. The Morgan fingerprint density at radius 1 is 1.05 bits per heavy atom. The number of esters is 1. The summed E-state index contributed by atoms with van der Waals surface area (Å²) in [5, 5.41) is 0.602. The summed E-state index contributed by atoms with van der Waals surface area (Å²) in [5.74, 6) is -0.357. The van der Waals surface area contributed by atoms with Crippen LogP contribution in [0, 0.1) is 0 Å². The summed E-state index contributed by atoms with van der Waals surface area (Å²) >= 11 is 11.6. The topological polar surface area (TPSA) is 56.5 Å². The van der Waals surface area contributed by atoms with Crippen molar-refractivity contribution >= 4 is 40.1 Å². The predicted octanol–water partition coefficient (Wildman–Crippen LogP) is 4.32. The van der Waals surface area contributed by atoms with Gasteiger partial charge >= 0.3 is 5.97 Å². The molecule has 2 aromatic carbocycles. The number of carbonyl (C=O) groups excluding carboxylic acids is 1. The number of carbonyl (C=O) groups is 1. The zero-order valence-corrected chi connectivity index (χ0v) is 12.5. The van der Waals surface area contributed by atoms with E-state index in [1.165, 1.54) is 18.2 Å². The van der Waals surface area contributed by atoms with Crippen LogP contribution in [0.2, 0.25) is 10.0 Å². The summed E-state index contributed by atoms with van der Waals surface area (Å²) in [6.07, 6.45) is 1.14. The molecule has 3 rings (SSSR count). The molecule has 22 heavy (non-hydrogen) atoms. The van der Waals surface area contributed by atoms with Crippen molar-refractivity contribution in [3.8, 4) is 5.75 Å². The van der Waals surface area contributed by atoms with Crippen LogP contribution >= 0.6 is 23.2 Å². The van der Waals surface area contributed by atoms with Gasteiger partial charge in [-0.25, -0.2) is 4.79 Å². The fourth-order valence-electron chi connectivity index (χ4n) is 1.94. The van der Waals surface area contributed by atoms with Gasteiger partial charge in [0.2, 0.25) is 5.43 Å². The van der Waals surface area contributed by atoms with Crippen LogP contribution in [0.25, 0.3) is 11.0 Å². The van der Waals surface area contributed by atoms with Crippen molar-refractivity contribution in [3.63, 3.8) is 0 Å². The van der Waals surface area contributed by atoms with E-state index in [1.807, 2.05) is 0 Å². The summed E-state index contributed by atoms with van der Waals surface area (Å²) in [5.41, 5.74) is 0.188. The molecule has 0 fully saturated rings. The number of halogens is 2. The van der Waals surface area contributed by atoms with Crippen LogP contribution < -0.4 is 10.2 Å². The van der Waals surface area contributed by atoms with Crippen LogP contribution in [-0.2, 0) is 0 Å². The Kier molecular flexibility index (Phi) is 3.88. The predicted molar refractivity (Wildman–Crippen MR) is 83.9 cm³/mol. The molecule has 6 heteroatoms. The number of hydrogen-bond donors (Lipinski definition) is 0. The van der Waals surface area contributed by atoms with Crippen molar-refractivity contribution in [3.05, 3.63) is 74.6 Å². The molecule has 0 aliphatic heterocycles. The van der Waals surface area contributed by atoms with Crippen LogP contribution in [0.1, 0.15) is 10.4 Å². The van der Waals surface area contributed by atoms with E-state index in [2.05, 4.69) is 0 Å². The smallest absolute Gasteiger partial charge is 0.345 e. The fourth-order valence-corrected chi connectivity index (χ4v) is 2.30. The lowest BCUT2D eigenvalue weighted by Crippen LogP contribution is -2.09. The van der Waals surface area contributed by atoms with Crippen LogP contribution in [0.3, 0.4) is 0 Å². The highest BCUT2D eigenvalue weighted by atomic mass is 35.5. The fraction of sp³-hybridized carbons (Fsp3) is 0. The minimum Gasteiger partial charge on any atom is -0.462 e. The lowest BCUT2D eigenvalue weighted by atomic mass is 10.2. The molecule has 0 amide bonds. The van der Waals surface area contributed by atoms with E-state index >= 15 is 0 Å². The summed E-state index contributed by atoms with van der Waals surface area (Å²) in [6, 6.07) is 11.0. The molecule has 0 bridgehead atoms. The van der Waals surface area contributed by atoms with Crippen molar-refractivity contribution in [2.24, 2.45) is 0 Å². The number of ether oxygens (including phenoxy) is 1. The van der Waals surface area contributed by atoms with Gasteiger partial charge in [-0.05, 0) is 24.3 Å². The maximum absolute atomic E-state index is 12.1. The zero-order valence-electron chi connectivity index (χ0n) is 11.0. The van der Waals surface area contributed by atoms with E-state index in [9.17, 15) is 9.59 Å². The first kappa shape index (κ1) is 14.6. The van der Waals surface area contributed by atoms with Gasteiger partial charge in [0, 0.05) is 6.07 Å². The third-order valence-electron chi connectivity index (χ3n) is 3.01. The van der Waals surface area contributed by atoms with Crippen molar-refractivity contribution in [2.75, 3.05) is 0 Å². The SMILES string of the molecule is O=C(Oc1ccc2c(=O)c(Cl)coc2c1)c1ccccc1Cl. The molecule has 0 radical (unpaired) electrons. The average molecular weight is 335 g/mol. The summed E-state index contributed by atoms with van der Waals surface area (Å²) in [6.45, 7) is 0. The summed E-state index contributed by atoms with van der Waals surface area (Å²) in [4.78, 5) is 23.9. The molecule has 4 nitrogen and oxygen atoms in total. The number of rotatable bonds is 2. The van der Waals surface area contributed by atoms with Crippen LogP contribution in [0.4, 0.5) is 0 Å². The van der Waals surface area contributed by atoms with Crippen molar-refractivity contribution in [2.45, 2.75) is 0 Å². The molecule has 0 aliphatic carbocycles. The molecule has 0 saturated carbocycles. The first-order valence-electron chi connectivity index (χ1n) is 6.24. The number of fused-ring (bicyclic) bond motifs is 1. The molecule has 3 aromatic rings. The third kappa shape index (κ3) is 2.71. The molecule has 110 valence electrons. The van der Waals surface area contributed by atoms with Gasteiger partial charge in [0.15, 0.2) is 0 Å². The highest BCUT2D eigenvalue weighted by Crippen LogP contribution is 2.22. The van der Waals surface area contributed by atoms with Crippen molar-refractivity contribution in [1.82, 2.24) is 0 Å². The molecule has 0 aliphatic rings. The van der Waals surface area contributed by atoms with E-state index in [-0.39, 0.29) is 27.3 Å². The van der Waals surface area contributed by atoms with Gasteiger partial charge < -0.3 is 9.15 Å². The van der Waals surface area contributed by atoms with E-state index in [1.54, 1.807) is 24.3 Å². The average Bonchev–Trinajstić information content (AvgIpc) is 2.51. The van der Waals surface area contributed by atoms with Gasteiger partial charge in [0.05, 0.1) is 16.0 Å². The molecular weight excluding hydrogens is 327 g/mol. The second-order valence-electron chi connectivity index (χ2n) is 4.44. The lowest BCUT2D eigenvalue weighted by Gasteiger charge is -2.06. The van der Waals surface area contributed by atoms with Crippen LogP contribution in [-0.4, -0.2) is 5.97 Å². The highest BCUT2D eigenvalue weighted by Gasteiger charge is 2.13. The first-order chi connectivity index (χ1) is 10.6. The molecule has 1 aromatic heterocycles. The third-order valence-corrected chi connectivity index (χ3v) is 3.60. The number of benzene rings is 2. The zero-order chi connectivity index (χ0) is 15.7. The van der Waals surface area contributed by atoms with E-state index in [4.69, 9.17) is 32.4 Å². The molecule has 0 saturated heterocycles. The Hall–Kier alpha value is -2.30. The quantitative estimate of drug-likeness (QED) is 0.517. The van der Waals surface area contributed by atoms with Gasteiger partial charge in [-0.2, -0.15) is 0 Å². The molecule has 0 unspecified atom stereocenters. The standard InChI is InChI=1S/C16H8Cl2O4/c17-12-4-2-1-3-10(12)16(20)22-9-5-6-11-14(7-9)21-8-13(18)15(11)19/h1-8H. The van der Waals surface area contributed by atoms with Crippen LogP contribution in [0.15, 0.2) is 57.9 Å². The minimum atomic E-state index is -0.596. The maximum Gasteiger partial charge on any atom is 0.345 e. The normalized spacial score (nSPS) is 10.6. The first-order valence-corrected chi connectivity index (χ1v) is 6.99. The number of hydrogen-bond acceptors (Lipinski definition) is 4. The Labute approximate surface area is 134 Å². The highest BCUT2D eigenvalue weighted by molar-refractivity contribution is 6.33. The van der Waals surface area contributed by atoms with Gasteiger partial charge in [-0.15, -0.1) is 0 Å². The maximum atomic E-state index is 12.1. The summed E-state index contributed by atoms with van der Waals surface area (Å²) in [7, 11) is 0. The second kappa shape index (κ2) is 5.83. The second-order valence-corrected chi connectivity index (χ2v) is 5.25. The Morgan fingerprint density at radius 3 is 2.59 bits per heavy atom. The minimum absolute atomic E-state index is 0.00619. The largest absolute Gasteiger partial charge is 0.462 e. The van der Waals surface area contributed by atoms with E-state index in [0.717, 1.165) is 6.26 Å². The molecule has 0 N–H and O–H groups in total. The van der Waals surface area contributed by atoms with Gasteiger partial charge in [-0.1, -0.05) is 35.3 Å². The van der Waals surface area contributed by atoms with E-state index < -0.39 is 5.97 Å². The summed E-state index contributed by atoms with van der Waals surface area (Å²) < 4.78 is 10.5. The van der Waals surface area contributed by atoms with Crippen molar-refractivity contribution in [1.29, 1.82) is 0 Å². The van der Waals surface area contributed by atoms with Gasteiger partial charge in [-0.3, -0.25) is 4.79 Å². The van der Waals surface area contributed by atoms with E-state index in [0.29, 0.717) is 10.4 Å². The molecule has 0 spiro atoms. The molecular formula is C16H8Cl2O4. The lowest BCUT2D eigenvalue weighted by molar-refractivity contribution is 0.0735. The Bertz CT molecular complexity index is 931. The Morgan fingerprint density at radius 2 is 1.82 bits per heavy atom.